The van der Waals surface area contributed by atoms with Gasteiger partial charge in [0.25, 0.3) is 5.91 Å². The Bertz CT molecular complexity index is 886. The summed E-state index contributed by atoms with van der Waals surface area (Å²) in [6.45, 7) is 8.87. The summed E-state index contributed by atoms with van der Waals surface area (Å²) in [5, 5.41) is 4.21. The number of hydrogen-bond acceptors (Lipinski definition) is 4. The molecule has 0 aliphatic carbocycles. The molecule has 1 aliphatic heterocycles. The molecule has 1 saturated heterocycles. The van der Waals surface area contributed by atoms with Crippen molar-refractivity contribution in [3.8, 4) is 0 Å². The van der Waals surface area contributed by atoms with Gasteiger partial charge in [0, 0.05) is 22.5 Å². The van der Waals surface area contributed by atoms with Crippen molar-refractivity contribution in [3.63, 3.8) is 0 Å². The second kappa shape index (κ2) is 8.07. The Morgan fingerprint density at radius 1 is 1.21 bits per heavy atom. The quantitative estimate of drug-likeness (QED) is 0.450. The topological polar surface area (TPSA) is 54.7 Å². The highest BCUT2D eigenvalue weighted by Crippen LogP contribution is 2.36. The Morgan fingerprint density at radius 2 is 1.86 bits per heavy atom. The average Bonchev–Trinajstić information content (AvgIpc) is 3.05. The van der Waals surface area contributed by atoms with Gasteiger partial charge in [-0.05, 0) is 71.9 Å². The van der Waals surface area contributed by atoms with E-state index in [1.165, 1.54) is 7.11 Å². The Balaban J connectivity index is 1.68. The van der Waals surface area contributed by atoms with Gasteiger partial charge in [-0.3, -0.25) is 9.69 Å². The molecule has 0 bridgehead atoms. The van der Waals surface area contributed by atoms with Crippen molar-refractivity contribution in [3.05, 3.63) is 54.0 Å². The monoisotopic (exact) mass is 396 g/mol. The number of furan rings is 1. The third-order valence-corrected chi connectivity index (χ3v) is 6.04. The maximum atomic E-state index is 12.8. The Morgan fingerprint density at radius 3 is 2.48 bits per heavy atom. The van der Waals surface area contributed by atoms with Crippen LogP contribution in [0.5, 0.6) is 0 Å². The fourth-order valence-electron chi connectivity index (χ4n) is 4.28. The smallest absolute Gasteiger partial charge is 0.286 e. The molecular formula is C24H32N2O3. The molecule has 29 heavy (non-hydrogen) atoms. The molecule has 2 aromatic rings. The van der Waals surface area contributed by atoms with E-state index in [4.69, 9.17) is 9.15 Å². The molecular weight excluding hydrogens is 364 g/mol. The largest absolute Gasteiger partial charge is 0.491 e. The highest BCUT2D eigenvalue weighted by Gasteiger charge is 2.43. The Hall–Kier alpha value is -2.53. The predicted molar refractivity (Wildman–Crippen MR) is 117 cm³/mol. The van der Waals surface area contributed by atoms with E-state index in [2.05, 4.69) is 45.0 Å². The van der Waals surface area contributed by atoms with Gasteiger partial charge in [-0.1, -0.05) is 24.3 Å². The minimum atomic E-state index is -0.192. The van der Waals surface area contributed by atoms with E-state index in [9.17, 15) is 4.79 Å². The number of hydrogen-bond donors (Lipinski definition) is 1. The molecule has 1 aromatic heterocycles. The third kappa shape index (κ3) is 4.73. The number of ether oxygens (including phenoxy) is 1. The molecule has 5 heteroatoms. The van der Waals surface area contributed by atoms with E-state index in [1.54, 1.807) is 12.2 Å². The van der Waals surface area contributed by atoms with Gasteiger partial charge in [-0.2, -0.15) is 0 Å². The number of fused-ring (bicyclic) bond motifs is 1. The lowest BCUT2D eigenvalue weighted by Crippen LogP contribution is -2.62. The van der Waals surface area contributed by atoms with Crippen LogP contribution in [-0.2, 0) is 9.53 Å². The van der Waals surface area contributed by atoms with Crippen molar-refractivity contribution in [1.82, 2.24) is 10.2 Å². The van der Waals surface area contributed by atoms with Crippen LogP contribution < -0.4 is 5.32 Å². The molecule has 0 saturated carbocycles. The molecule has 0 atom stereocenters. The van der Waals surface area contributed by atoms with Crippen molar-refractivity contribution in [1.29, 1.82) is 0 Å². The molecule has 5 nitrogen and oxygen atoms in total. The van der Waals surface area contributed by atoms with Gasteiger partial charge in [0.05, 0.1) is 7.11 Å². The number of amides is 1. The summed E-state index contributed by atoms with van der Waals surface area (Å²) >= 11 is 0. The molecule has 0 spiro atoms. The summed E-state index contributed by atoms with van der Waals surface area (Å²) in [6.07, 6.45) is 7.06. The predicted octanol–water partition coefficient (Wildman–Crippen LogP) is 4.74. The summed E-state index contributed by atoms with van der Waals surface area (Å²) in [5.74, 6) is 0.826. The highest BCUT2D eigenvalue weighted by molar-refractivity contribution is 5.92. The van der Waals surface area contributed by atoms with Crippen LogP contribution in [0.25, 0.3) is 17.0 Å². The molecule has 156 valence electrons. The minimum absolute atomic E-state index is 0.0117. The first-order chi connectivity index (χ1) is 13.6. The zero-order chi connectivity index (χ0) is 21.2. The zero-order valence-electron chi connectivity index (χ0n) is 18.3. The number of carbonyl (C=O) groups is 1. The molecule has 0 unspecified atom stereocenters. The number of para-hydroxylation sites is 1. The summed E-state index contributed by atoms with van der Waals surface area (Å²) in [4.78, 5) is 15.1. The number of likely N-dealkylation sites (tertiary alicyclic amines) is 1. The van der Waals surface area contributed by atoms with Crippen LogP contribution in [0.15, 0.2) is 52.7 Å². The molecule has 2 heterocycles. The van der Waals surface area contributed by atoms with Crippen molar-refractivity contribution in [2.45, 2.75) is 57.7 Å². The Labute approximate surface area is 173 Å². The Kier molecular flexibility index (Phi) is 5.90. The van der Waals surface area contributed by atoms with Gasteiger partial charge < -0.3 is 14.5 Å². The van der Waals surface area contributed by atoms with E-state index in [0.717, 1.165) is 29.6 Å². The lowest BCUT2D eigenvalue weighted by Gasteiger charge is -2.53. The normalized spacial score (nSPS) is 20.3. The third-order valence-electron chi connectivity index (χ3n) is 6.04. The van der Waals surface area contributed by atoms with Crippen LogP contribution in [0.4, 0.5) is 0 Å². The fourth-order valence-corrected chi connectivity index (χ4v) is 4.28. The van der Waals surface area contributed by atoms with Crippen LogP contribution in [-0.4, -0.2) is 42.1 Å². The molecule has 1 N–H and O–H groups in total. The number of nitrogens with one attached hydrogen (secondary N) is 1. The van der Waals surface area contributed by atoms with Crippen molar-refractivity contribution < 1.29 is 13.9 Å². The zero-order valence-corrected chi connectivity index (χ0v) is 18.3. The highest BCUT2D eigenvalue weighted by atomic mass is 16.5. The van der Waals surface area contributed by atoms with Crippen molar-refractivity contribution in [2.75, 3.05) is 14.2 Å². The first kappa shape index (κ1) is 21.2. The molecule has 1 amide bonds. The maximum absolute atomic E-state index is 12.8. The lowest BCUT2D eigenvalue weighted by molar-refractivity contribution is -0.122. The van der Waals surface area contributed by atoms with Crippen LogP contribution in [0.3, 0.4) is 0 Å². The van der Waals surface area contributed by atoms with E-state index in [-0.39, 0.29) is 28.8 Å². The summed E-state index contributed by atoms with van der Waals surface area (Å²) in [7, 11) is 3.67. The van der Waals surface area contributed by atoms with Gasteiger partial charge in [0.15, 0.2) is 5.76 Å². The van der Waals surface area contributed by atoms with E-state index < -0.39 is 0 Å². The second-order valence-electron chi connectivity index (χ2n) is 9.04. The van der Waals surface area contributed by atoms with E-state index in [0.29, 0.717) is 0 Å². The van der Waals surface area contributed by atoms with Crippen LogP contribution in [0, 0.1) is 0 Å². The number of allylic oxidation sites excluding steroid dienone is 2. The average molecular weight is 397 g/mol. The fraction of sp³-hybridized carbons (Fsp3) is 0.458. The molecule has 1 aromatic carbocycles. The lowest BCUT2D eigenvalue weighted by atomic mass is 9.77. The van der Waals surface area contributed by atoms with Crippen molar-refractivity contribution >= 4 is 23.0 Å². The standard InChI is InChI=1S/C24H32N2O3/c1-23(2)15-18(16-24(3,4)26(23)5)25-22(27)21(28-6)13-9-11-19-14-17-10-7-8-12-20(17)29-19/h7-14,18H,15-16H2,1-6H3,(H,25,27)/b11-9+,21-13-. The summed E-state index contributed by atoms with van der Waals surface area (Å²) in [6, 6.07) is 9.92. The second-order valence-corrected chi connectivity index (χ2v) is 9.04. The van der Waals surface area contributed by atoms with Gasteiger partial charge in [0.2, 0.25) is 0 Å². The SMILES string of the molecule is CO/C(=C\C=C\c1cc2ccccc2o1)C(=O)NC1CC(C)(C)N(C)C(C)(C)C1. The van der Waals surface area contributed by atoms with E-state index >= 15 is 0 Å². The maximum Gasteiger partial charge on any atom is 0.286 e. The van der Waals surface area contributed by atoms with Crippen LogP contribution in [0.2, 0.25) is 0 Å². The first-order valence-corrected chi connectivity index (χ1v) is 10.1. The number of carbonyl (C=O) groups excluding carboxylic acids is 1. The van der Waals surface area contributed by atoms with Gasteiger partial charge in [-0.25, -0.2) is 0 Å². The van der Waals surface area contributed by atoms with Crippen LogP contribution >= 0.6 is 0 Å². The van der Waals surface area contributed by atoms with Gasteiger partial charge >= 0.3 is 0 Å². The number of methoxy groups -OCH3 is 1. The number of piperidine rings is 1. The van der Waals surface area contributed by atoms with Gasteiger partial charge in [-0.15, -0.1) is 0 Å². The minimum Gasteiger partial charge on any atom is -0.491 e. The number of benzene rings is 1. The summed E-state index contributed by atoms with van der Waals surface area (Å²) in [5.41, 5.74) is 0.865. The molecule has 1 fully saturated rings. The number of rotatable bonds is 5. The molecule has 3 rings (SSSR count). The molecule has 1 aliphatic rings. The van der Waals surface area contributed by atoms with Crippen molar-refractivity contribution in [2.24, 2.45) is 0 Å². The number of nitrogens with zero attached hydrogens (tertiary/aromatic N) is 1. The first-order valence-electron chi connectivity index (χ1n) is 10.1. The van der Waals surface area contributed by atoms with E-state index in [1.807, 2.05) is 36.4 Å². The molecule has 0 radical (unpaired) electrons. The van der Waals surface area contributed by atoms with Gasteiger partial charge in [0.1, 0.15) is 11.3 Å². The van der Waals surface area contributed by atoms with Crippen LogP contribution in [0.1, 0.15) is 46.3 Å². The summed E-state index contributed by atoms with van der Waals surface area (Å²) < 4.78 is 11.1.